The summed E-state index contributed by atoms with van der Waals surface area (Å²) in [6.45, 7) is 3.52. The highest BCUT2D eigenvalue weighted by Crippen LogP contribution is 2.24. The van der Waals surface area contributed by atoms with Crippen molar-refractivity contribution < 1.29 is 14.7 Å². The molecule has 0 atom stereocenters. The number of nitrogens with one attached hydrogen (secondary N) is 1. The summed E-state index contributed by atoms with van der Waals surface area (Å²) in [5, 5.41) is 12.0. The first kappa shape index (κ1) is 14.3. The molecular weight excluding hydrogens is 256 g/mol. The number of amides is 1. The van der Waals surface area contributed by atoms with Crippen LogP contribution in [0.25, 0.3) is 0 Å². The van der Waals surface area contributed by atoms with Crippen molar-refractivity contribution in [3.63, 3.8) is 0 Å². The maximum atomic E-state index is 11.0. The lowest BCUT2D eigenvalue weighted by atomic mass is 10.00. The lowest BCUT2D eigenvalue weighted by Gasteiger charge is -2.25. The van der Waals surface area contributed by atoms with Crippen molar-refractivity contribution in [3.05, 3.63) is 28.8 Å². The van der Waals surface area contributed by atoms with E-state index in [1.807, 2.05) is 0 Å². The van der Waals surface area contributed by atoms with E-state index in [-0.39, 0.29) is 17.0 Å². The SMILES string of the molecule is CC(C)(CC(=O)O)Nc1ccc(C(N)=O)c(Cl)c1. The fourth-order valence-corrected chi connectivity index (χ4v) is 1.88. The number of nitrogens with two attached hydrogens (primary N) is 1. The number of anilines is 1. The van der Waals surface area contributed by atoms with Crippen LogP contribution < -0.4 is 11.1 Å². The van der Waals surface area contributed by atoms with Gasteiger partial charge in [-0.05, 0) is 32.0 Å². The Kier molecular flexibility index (Phi) is 4.19. The van der Waals surface area contributed by atoms with Gasteiger partial charge in [0.25, 0.3) is 0 Å². The van der Waals surface area contributed by atoms with E-state index in [4.69, 9.17) is 22.4 Å². The zero-order valence-electron chi connectivity index (χ0n) is 10.2. The highest BCUT2D eigenvalue weighted by atomic mass is 35.5. The van der Waals surface area contributed by atoms with E-state index in [0.29, 0.717) is 5.69 Å². The summed E-state index contributed by atoms with van der Waals surface area (Å²) in [6, 6.07) is 4.69. The van der Waals surface area contributed by atoms with E-state index in [2.05, 4.69) is 5.32 Å². The second-order valence-electron chi connectivity index (χ2n) is 4.64. The third kappa shape index (κ3) is 3.92. The van der Waals surface area contributed by atoms with Gasteiger partial charge < -0.3 is 16.2 Å². The Hall–Kier alpha value is -1.75. The van der Waals surface area contributed by atoms with E-state index < -0.39 is 17.4 Å². The highest BCUT2D eigenvalue weighted by molar-refractivity contribution is 6.34. The highest BCUT2D eigenvalue weighted by Gasteiger charge is 2.21. The molecular formula is C12H15ClN2O3. The van der Waals surface area contributed by atoms with Gasteiger partial charge in [0.05, 0.1) is 17.0 Å². The van der Waals surface area contributed by atoms with Crippen LogP contribution in [0.1, 0.15) is 30.6 Å². The molecule has 0 aromatic heterocycles. The Morgan fingerprint density at radius 2 is 2.06 bits per heavy atom. The lowest BCUT2D eigenvalue weighted by Crippen LogP contribution is -2.33. The van der Waals surface area contributed by atoms with E-state index >= 15 is 0 Å². The minimum absolute atomic E-state index is 0.0395. The predicted octanol–water partition coefficient (Wildman–Crippen LogP) is 2.10. The van der Waals surface area contributed by atoms with Gasteiger partial charge in [-0.2, -0.15) is 0 Å². The largest absolute Gasteiger partial charge is 0.481 e. The molecule has 1 aromatic rings. The molecule has 4 N–H and O–H groups in total. The third-order valence-corrected chi connectivity index (χ3v) is 2.62. The molecule has 6 heteroatoms. The molecule has 0 aliphatic rings. The smallest absolute Gasteiger partial charge is 0.305 e. The molecule has 0 radical (unpaired) electrons. The summed E-state index contributed by atoms with van der Waals surface area (Å²) in [5.41, 5.74) is 5.38. The fourth-order valence-electron chi connectivity index (χ4n) is 1.61. The van der Waals surface area contributed by atoms with Crippen LogP contribution in [0, 0.1) is 0 Å². The Morgan fingerprint density at radius 3 is 2.50 bits per heavy atom. The summed E-state index contributed by atoms with van der Waals surface area (Å²) in [6.07, 6.45) is -0.0395. The lowest BCUT2D eigenvalue weighted by molar-refractivity contribution is -0.137. The van der Waals surface area contributed by atoms with Gasteiger partial charge in [0, 0.05) is 11.2 Å². The summed E-state index contributed by atoms with van der Waals surface area (Å²) >= 11 is 5.90. The van der Waals surface area contributed by atoms with Gasteiger partial charge in [-0.3, -0.25) is 9.59 Å². The molecule has 1 rings (SSSR count). The first-order valence-corrected chi connectivity index (χ1v) is 5.68. The number of hydrogen-bond acceptors (Lipinski definition) is 3. The first-order chi connectivity index (χ1) is 8.21. The maximum Gasteiger partial charge on any atom is 0.305 e. The molecule has 0 fully saturated rings. The Balaban J connectivity index is 2.89. The normalized spacial score (nSPS) is 11.1. The van der Waals surface area contributed by atoms with E-state index in [9.17, 15) is 9.59 Å². The second-order valence-corrected chi connectivity index (χ2v) is 5.05. The monoisotopic (exact) mass is 270 g/mol. The number of primary amides is 1. The molecule has 0 aliphatic heterocycles. The number of carboxylic acids is 1. The number of aliphatic carboxylic acids is 1. The summed E-state index contributed by atoms with van der Waals surface area (Å²) < 4.78 is 0. The number of hydrogen-bond donors (Lipinski definition) is 3. The van der Waals surface area contributed by atoms with Crippen LogP contribution in [0.5, 0.6) is 0 Å². The molecule has 0 unspecified atom stereocenters. The van der Waals surface area contributed by atoms with Crippen LogP contribution in [0.2, 0.25) is 5.02 Å². The zero-order valence-corrected chi connectivity index (χ0v) is 10.9. The van der Waals surface area contributed by atoms with Crippen molar-refractivity contribution >= 4 is 29.2 Å². The molecule has 0 spiro atoms. The van der Waals surface area contributed by atoms with Gasteiger partial charge in [-0.15, -0.1) is 0 Å². The van der Waals surface area contributed by atoms with Crippen molar-refractivity contribution in [3.8, 4) is 0 Å². The van der Waals surface area contributed by atoms with Crippen LogP contribution in [-0.4, -0.2) is 22.5 Å². The molecule has 1 aromatic carbocycles. The van der Waals surface area contributed by atoms with Crippen LogP contribution in [0.4, 0.5) is 5.69 Å². The number of carbonyl (C=O) groups is 2. The molecule has 1 amide bonds. The maximum absolute atomic E-state index is 11.0. The molecule has 5 nitrogen and oxygen atoms in total. The molecule has 18 heavy (non-hydrogen) atoms. The topological polar surface area (TPSA) is 92.4 Å². The van der Waals surface area contributed by atoms with Gasteiger partial charge in [-0.25, -0.2) is 0 Å². The van der Waals surface area contributed by atoms with Crippen molar-refractivity contribution in [1.29, 1.82) is 0 Å². The number of rotatable bonds is 5. The number of halogens is 1. The fraction of sp³-hybridized carbons (Fsp3) is 0.333. The van der Waals surface area contributed by atoms with Crippen molar-refractivity contribution in [1.82, 2.24) is 0 Å². The predicted molar refractivity (Wildman–Crippen MR) is 69.9 cm³/mol. The number of carbonyl (C=O) groups excluding carboxylic acids is 1. The average molecular weight is 271 g/mol. The molecule has 0 aliphatic carbocycles. The minimum atomic E-state index is -0.896. The molecule has 0 heterocycles. The van der Waals surface area contributed by atoms with Crippen molar-refractivity contribution in [2.24, 2.45) is 5.73 Å². The van der Waals surface area contributed by atoms with Gasteiger partial charge >= 0.3 is 5.97 Å². The van der Waals surface area contributed by atoms with Gasteiger partial charge in [0.15, 0.2) is 0 Å². The Labute approximate surface area is 110 Å². The molecule has 0 saturated heterocycles. The summed E-state index contributed by atoms with van der Waals surface area (Å²) in [7, 11) is 0. The first-order valence-electron chi connectivity index (χ1n) is 5.30. The Morgan fingerprint density at radius 1 is 1.44 bits per heavy atom. The standard InChI is InChI=1S/C12H15ClN2O3/c1-12(2,6-10(16)17)15-7-3-4-8(11(14)18)9(13)5-7/h3-5,15H,6H2,1-2H3,(H2,14,18)(H,16,17). The van der Waals surface area contributed by atoms with Crippen molar-refractivity contribution in [2.45, 2.75) is 25.8 Å². The quantitative estimate of drug-likeness (QED) is 0.764. The van der Waals surface area contributed by atoms with Crippen LogP contribution >= 0.6 is 11.6 Å². The van der Waals surface area contributed by atoms with E-state index in [0.717, 1.165) is 0 Å². The molecule has 0 bridgehead atoms. The Bertz CT molecular complexity index is 486. The van der Waals surface area contributed by atoms with Crippen LogP contribution in [-0.2, 0) is 4.79 Å². The van der Waals surface area contributed by atoms with E-state index in [1.165, 1.54) is 6.07 Å². The number of carboxylic acid groups (broad SMARTS) is 1. The van der Waals surface area contributed by atoms with Gasteiger partial charge in [-0.1, -0.05) is 11.6 Å². The summed E-state index contributed by atoms with van der Waals surface area (Å²) in [4.78, 5) is 21.7. The van der Waals surface area contributed by atoms with Crippen LogP contribution in [0.3, 0.4) is 0 Å². The average Bonchev–Trinajstić information content (AvgIpc) is 2.13. The second kappa shape index (κ2) is 5.27. The number of benzene rings is 1. The summed E-state index contributed by atoms with van der Waals surface area (Å²) in [5.74, 6) is -1.50. The zero-order chi connectivity index (χ0) is 13.9. The minimum Gasteiger partial charge on any atom is -0.481 e. The van der Waals surface area contributed by atoms with Gasteiger partial charge in [0.1, 0.15) is 0 Å². The third-order valence-electron chi connectivity index (χ3n) is 2.31. The molecule has 0 saturated carbocycles. The van der Waals surface area contributed by atoms with Gasteiger partial charge in [0.2, 0.25) is 5.91 Å². The van der Waals surface area contributed by atoms with E-state index in [1.54, 1.807) is 26.0 Å². The van der Waals surface area contributed by atoms with Crippen molar-refractivity contribution in [2.75, 3.05) is 5.32 Å². The molecule has 98 valence electrons. The van der Waals surface area contributed by atoms with Crippen LogP contribution in [0.15, 0.2) is 18.2 Å².